The minimum Gasteiger partial charge on any atom is -0.497 e. The number of amides is 1. The summed E-state index contributed by atoms with van der Waals surface area (Å²) in [7, 11) is 1.59. The number of aryl methyl sites for hydroxylation is 1. The molecule has 0 saturated carbocycles. The van der Waals surface area contributed by atoms with Crippen LogP contribution >= 0.6 is 11.8 Å². The Balaban J connectivity index is 1.62. The molecular weight excluding hydrogens is 381 g/mol. The molecule has 28 heavy (non-hydrogen) atoms. The molecule has 1 aliphatic rings. The minimum absolute atomic E-state index is 0.191. The Morgan fingerprint density at radius 2 is 1.89 bits per heavy atom. The second kappa shape index (κ2) is 7.51. The van der Waals surface area contributed by atoms with Crippen molar-refractivity contribution in [1.29, 1.82) is 0 Å². The predicted octanol–water partition coefficient (Wildman–Crippen LogP) is 3.13. The van der Waals surface area contributed by atoms with Crippen LogP contribution in [-0.4, -0.2) is 33.1 Å². The van der Waals surface area contributed by atoms with Gasteiger partial charge in [-0.2, -0.15) is 0 Å². The van der Waals surface area contributed by atoms with Crippen molar-refractivity contribution >= 4 is 23.4 Å². The Labute approximate surface area is 165 Å². The summed E-state index contributed by atoms with van der Waals surface area (Å²) in [6, 6.07) is 12.8. The number of rotatable bonds is 4. The average Bonchev–Trinajstić information content (AvgIpc) is 3.08. The lowest BCUT2D eigenvalue weighted by atomic mass is 10.0. The van der Waals surface area contributed by atoms with Gasteiger partial charge in [-0.3, -0.25) is 4.79 Å². The van der Waals surface area contributed by atoms with Crippen molar-refractivity contribution in [2.75, 3.05) is 17.9 Å². The molecule has 1 aliphatic heterocycles. The molecule has 7 nitrogen and oxygen atoms in total. The molecule has 3 aromatic rings. The molecular formula is C19H18FN5O2S. The third-order valence-corrected chi connectivity index (χ3v) is 5.66. The summed E-state index contributed by atoms with van der Waals surface area (Å²) < 4.78 is 20.3. The van der Waals surface area contributed by atoms with E-state index in [0.29, 0.717) is 22.4 Å². The number of thioether (sulfide) groups is 1. The molecule has 144 valence electrons. The maximum absolute atomic E-state index is 13.4. The van der Waals surface area contributed by atoms with Gasteiger partial charge in [-0.25, -0.2) is 9.07 Å². The number of carbonyl (C=O) groups is 1. The standard InChI is InChI=1S/C19H18FN5O2S/c1-11-22-23-19-25(11)24-16(12-3-5-13(20)6-4-12)17(28-19)18(26)21-14-7-9-15(27-2)10-8-14/h3-10,16-17,24H,1-2H3,(H,21,26)/t16-,17-/m0/s1. The van der Waals surface area contributed by atoms with Gasteiger partial charge in [0, 0.05) is 5.69 Å². The second-order valence-electron chi connectivity index (χ2n) is 6.28. The van der Waals surface area contributed by atoms with E-state index in [1.165, 1.54) is 23.9 Å². The highest BCUT2D eigenvalue weighted by Gasteiger charge is 2.37. The number of methoxy groups -OCH3 is 1. The first kappa shape index (κ1) is 18.3. The SMILES string of the molecule is COc1ccc(NC(=O)[C@H]2Sc3nnc(C)n3N[C@H]2c2ccc(F)cc2)cc1. The first-order chi connectivity index (χ1) is 13.5. The van der Waals surface area contributed by atoms with Crippen LogP contribution in [0, 0.1) is 12.7 Å². The number of halogens is 1. The molecule has 0 unspecified atom stereocenters. The van der Waals surface area contributed by atoms with Crippen molar-refractivity contribution in [3.8, 4) is 5.75 Å². The summed E-state index contributed by atoms with van der Waals surface area (Å²) >= 11 is 1.32. The topological polar surface area (TPSA) is 81.1 Å². The zero-order valence-corrected chi connectivity index (χ0v) is 16.0. The van der Waals surface area contributed by atoms with Gasteiger partial charge >= 0.3 is 0 Å². The number of anilines is 1. The molecule has 0 spiro atoms. The number of nitrogens with one attached hydrogen (secondary N) is 2. The van der Waals surface area contributed by atoms with Crippen molar-refractivity contribution in [2.45, 2.75) is 23.4 Å². The molecule has 2 aromatic carbocycles. The number of carbonyl (C=O) groups excluding carboxylic acids is 1. The molecule has 9 heteroatoms. The van der Waals surface area contributed by atoms with Crippen LogP contribution in [0.15, 0.2) is 53.7 Å². The highest BCUT2D eigenvalue weighted by atomic mass is 32.2. The van der Waals surface area contributed by atoms with E-state index < -0.39 is 5.25 Å². The Kier molecular flexibility index (Phi) is 4.91. The first-order valence-electron chi connectivity index (χ1n) is 8.61. The molecule has 0 fully saturated rings. The van der Waals surface area contributed by atoms with E-state index in [-0.39, 0.29) is 17.8 Å². The summed E-state index contributed by atoms with van der Waals surface area (Å²) in [6.07, 6.45) is 0. The number of benzene rings is 2. The van der Waals surface area contributed by atoms with Crippen LogP contribution < -0.4 is 15.5 Å². The van der Waals surface area contributed by atoms with Crippen LogP contribution in [0.2, 0.25) is 0 Å². The smallest absolute Gasteiger partial charge is 0.240 e. The van der Waals surface area contributed by atoms with Gasteiger partial charge in [-0.15, -0.1) is 10.2 Å². The molecule has 0 bridgehead atoms. The minimum atomic E-state index is -0.524. The van der Waals surface area contributed by atoms with Gasteiger partial charge in [0.2, 0.25) is 11.1 Å². The Morgan fingerprint density at radius 3 is 2.57 bits per heavy atom. The third kappa shape index (κ3) is 3.53. The monoisotopic (exact) mass is 399 g/mol. The predicted molar refractivity (Wildman–Crippen MR) is 105 cm³/mol. The lowest BCUT2D eigenvalue weighted by Gasteiger charge is -2.32. The van der Waals surface area contributed by atoms with Gasteiger partial charge in [0.1, 0.15) is 22.6 Å². The van der Waals surface area contributed by atoms with Crippen LogP contribution in [-0.2, 0) is 4.79 Å². The molecule has 1 aromatic heterocycles. The highest BCUT2D eigenvalue weighted by Crippen LogP contribution is 2.37. The van der Waals surface area contributed by atoms with Crippen LogP contribution in [0.5, 0.6) is 5.75 Å². The van der Waals surface area contributed by atoms with Crippen LogP contribution in [0.25, 0.3) is 0 Å². The fraction of sp³-hybridized carbons (Fsp3) is 0.211. The molecule has 2 heterocycles. The van der Waals surface area contributed by atoms with E-state index in [2.05, 4.69) is 20.9 Å². The van der Waals surface area contributed by atoms with E-state index in [9.17, 15) is 9.18 Å². The summed E-state index contributed by atoms with van der Waals surface area (Å²) in [4.78, 5) is 13.1. The van der Waals surface area contributed by atoms with Crippen LogP contribution in [0.4, 0.5) is 10.1 Å². The van der Waals surface area contributed by atoms with Crippen LogP contribution in [0.3, 0.4) is 0 Å². The first-order valence-corrected chi connectivity index (χ1v) is 9.49. The van der Waals surface area contributed by atoms with Gasteiger partial charge in [0.05, 0.1) is 13.2 Å². The zero-order valence-electron chi connectivity index (χ0n) is 15.2. The quantitative estimate of drug-likeness (QED) is 0.702. The van der Waals surface area contributed by atoms with E-state index in [1.54, 1.807) is 48.2 Å². The maximum Gasteiger partial charge on any atom is 0.240 e. The number of fused-ring (bicyclic) bond motifs is 1. The summed E-state index contributed by atoms with van der Waals surface area (Å²) in [5.74, 6) is 0.875. The Bertz CT molecular complexity index is 991. The number of hydrogen-bond donors (Lipinski definition) is 2. The fourth-order valence-electron chi connectivity index (χ4n) is 2.97. The molecule has 4 rings (SSSR count). The van der Waals surface area contributed by atoms with Gasteiger partial charge in [-0.1, -0.05) is 23.9 Å². The number of nitrogens with zero attached hydrogens (tertiary/aromatic N) is 3. The molecule has 0 radical (unpaired) electrons. The number of aromatic nitrogens is 3. The summed E-state index contributed by atoms with van der Waals surface area (Å²) in [5, 5.41) is 11.2. The molecule has 2 N–H and O–H groups in total. The lowest BCUT2D eigenvalue weighted by molar-refractivity contribution is -0.116. The van der Waals surface area contributed by atoms with Gasteiger partial charge in [-0.05, 0) is 48.9 Å². The van der Waals surface area contributed by atoms with Crippen molar-refractivity contribution in [1.82, 2.24) is 14.9 Å². The van der Waals surface area contributed by atoms with Crippen LogP contribution in [0.1, 0.15) is 17.4 Å². The molecule has 1 amide bonds. The second-order valence-corrected chi connectivity index (χ2v) is 7.39. The van der Waals surface area contributed by atoms with Crippen molar-refractivity contribution in [2.24, 2.45) is 0 Å². The maximum atomic E-state index is 13.4. The van der Waals surface area contributed by atoms with Crippen molar-refractivity contribution in [3.05, 3.63) is 65.7 Å². The van der Waals surface area contributed by atoms with E-state index in [4.69, 9.17) is 4.74 Å². The van der Waals surface area contributed by atoms with Gasteiger partial charge in [0.15, 0.2) is 0 Å². The number of ether oxygens (including phenoxy) is 1. The Hall–Kier alpha value is -3.07. The fourth-order valence-corrected chi connectivity index (χ4v) is 4.09. The molecule has 2 atom stereocenters. The van der Waals surface area contributed by atoms with Gasteiger partial charge < -0.3 is 15.5 Å². The normalized spacial score (nSPS) is 18.1. The van der Waals surface area contributed by atoms with Crippen molar-refractivity contribution < 1.29 is 13.9 Å². The Morgan fingerprint density at radius 1 is 1.18 bits per heavy atom. The van der Waals surface area contributed by atoms with E-state index in [0.717, 1.165) is 5.56 Å². The highest BCUT2D eigenvalue weighted by molar-refractivity contribution is 8.00. The summed E-state index contributed by atoms with van der Waals surface area (Å²) in [6.45, 7) is 1.82. The van der Waals surface area contributed by atoms with E-state index >= 15 is 0 Å². The zero-order chi connectivity index (χ0) is 19.7. The lowest BCUT2D eigenvalue weighted by Crippen LogP contribution is -2.41. The van der Waals surface area contributed by atoms with Gasteiger partial charge in [0.25, 0.3) is 0 Å². The average molecular weight is 399 g/mol. The molecule has 0 aliphatic carbocycles. The van der Waals surface area contributed by atoms with Crippen molar-refractivity contribution in [3.63, 3.8) is 0 Å². The van der Waals surface area contributed by atoms with E-state index in [1.807, 2.05) is 6.92 Å². The summed E-state index contributed by atoms with van der Waals surface area (Å²) in [5.41, 5.74) is 4.74. The number of hydrogen-bond acceptors (Lipinski definition) is 6. The third-order valence-electron chi connectivity index (χ3n) is 4.44. The largest absolute Gasteiger partial charge is 0.497 e. The molecule has 0 saturated heterocycles.